The fraction of sp³-hybridized carbons (Fsp3) is 0.885. The van der Waals surface area contributed by atoms with Crippen molar-refractivity contribution in [3.05, 3.63) is 11.6 Å². The average molecular weight is 469 g/mol. The van der Waals surface area contributed by atoms with Crippen LogP contribution in [-0.4, -0.2) is 64.3 Å². The third-order valence-electron chi connectivity index (χ3n) is 5.83. The predicted molar refractivity (Wildman–Crippen MR) is 143 cm³/mol. The van der Waals surface area contributed by atoms with Gasteiger partial charge in [-0.2, -0.15) is 0 Å². The standard InChI is InChI=1S/C26H56N6O/c1-23(2)11-8-12-24(3)14-22-31-16-5-4-13-25(28)26(33)32-21-10-20-30-18-7-6-17-29-19-9-15-27/h11,24-25,29-31H,4-10,12-22,27-28H2,1-3H3,(H,32,33)/t24?,25-/m1/s1. The Labute approximate surface area is 204 Å². The van der Waals surface area contributed by atoms with Gasteiger partial charge >= 0.3 is 0 Å². The Balaban J connectivity index is 3.42. The van der Waals surface area contributed by atoms with Crippen LogP contribution in [0.15, 0.2) is 11.6 Å². The van der Waals surface area contributed by atoms with Crippen molar-refractivity contribution in [3.8, 4) is 0 Å². The lowest BCUT2D eigenvalue weighted by Crippen LogP contribution is -2.41. The summed E-state index contributed by atoms with van der Waals surface area (Å²) in [6, 6.07) is -0.389. The summed E-state index contributed by atoms with van der Waals surface area (Å²) in [6.07, 6.45) is 13.1. The predicted octanol–water partition coefficient (Wildman–Crippen LogP) is 2.66. The van der Waals surface area contributed by atoms with Crippen molar-refractivity contribution >= 4 is 5.91 Å². The van der Waals surface area contributed by atoms with Crippen LogP contribution in [0.4, 0.5) is 0 Å². The summed E-state index contributed by atoms with van der Waals surface area (Å²) < 4.78 is 0. The molecule has 196 valence electrons. The lowest BCUT2D eigenvalue weighted by atomic mass is 10.0. The number of rotatable bonds is 24. The second-order valence-corrected chi connectivity index (χ2v) is 9.60. The molecule has 0 saturated heterocycles. The quantitative estimate of drug-likeness (QED) is 0.0958. The van der Waals surface area contributed by atoms with Crippen molar-refractivity contribution < 1.29 is 4.79 Å². The highest BCUT2D eigenvalue weighted by atomic mass is 16.2. The maximum absolute atomic E-state index is 12.1. The average Bonchev–Trinajstić information content (AvgIpc) is 2.78. The van der Waals surface area contributed by atoms with Crippen molar-refractivity contribution in [1.82, 2.24) is 21.3 Å². The highest BCUT2D eigenvalue weighted by Gasteiger charge is 2.11. The van der Waals surface area contributed by atoms with Gasteiger partial charge in [-0.15, -0.1) is 0 Å². The SMILES string of the molecule is CC(C)=CCCC(C)CCNCCCC[C@@H](N)C(=O)NCCCNCCCCNCCCN. The molecular formula is C26H56N6O. The molecule has 7 nitrogen and oxygen atoms in total. The molecule has 0 aliphatic heterocycles. The summed E-state index contributed by atoms with van der Waals surface area (Å²) in [5.41, 5.74) is 12.9. The van der Waals surface area contributed by atoms with Crippen LogP contribution in [0.5, 0.6) is 0 Å². The van der Waals surface area contributed by atoms with E-state index >= 15 is 0 Å². The first-order valence-corrected chi connectivity index (χ1v) is 13.5. The van der Waals surface area contributed by atoms with Gasteiger partial charge in [0, 0.05) is 6.54 Å². The Bertz CT molecular complexity index is 468. The first-order valence-electron chi connectivity index (χ1n) is 13.5. The molecular weight excluding hydrogens is 412 g/mol. The van der Waals surface area contributed by atoms with E-state index in [9.17, 15) is 4.79 Å². The molecule has 0 heterocycles. The van der Waals surface area contributed by atoms with Gasteiger partial charge in [0.1, 0.15) is 0 Å². The van der Waals surface area contributed by atoms with Crippen LogP contribution in [0, 0.1) is 5.92 Å². The van der Waals surface area contributed by atoms with E-state index in [2.05, 4.69) is 48.1 Å². The van der Waals surface area contributed by atoms with Crippen LogP contribution in [0.1, 0.15) is 85.0 Å². The smallest absolute Gasteiger partial charge is 0.236 e. The van der Waals surface area contributed by atoms with Crippen LogP contribution >= 0.6 is 0 Å². The second-order valence-electron chi connectivity index (χ2n) is 9.60. The molecule has 0 aliphatic rings. The number of unbranched alkanes of at least 4 members (excludes halogenated alkanes) is 2. The molecule has 33 heavy (non-hydrogen) atoms. The number of amides is 1. The fourth-order valence-electron chi connectivity index (χ4n) is 3.55. The molecule has 0 aliphatic carbocycles. The van der Waals surface area contributed by atoms with Crippen LogP contribution < -0.4 is 32.7 Å². The van der Waals surface area contributed by atoms with Crippen LogP contribution in [0.2, 0.25) is 0 Å². The maximum Gasteiger partial charge on any atom is 0.236 e. The van der Waals surface area contributed by atoms with Gasteiger partial charge in [0.05, 0.1) is 6.04 Å². The van der Waals surface area contributed by atoms with Gasteiger partial charge in [-0.25, -0.2) is 0 Å². The molecule has 0 radical (unpaired) electrons. The fourth-order valence-corrected chi connectivity index (χ4v) is 3.55. The maximum atomic E-state index is 12.1. The Morgan fingerprint density at radius 1 is 0.758 bits per heavy atom. The highest BCUT2D eigenvalue weighted by molar-refractivity contribution is 5.81. The van der Waals surface area contributed by atoms with Gasteiger partial charge in [0.25, 0.3) is 0 Å². The van der Waals surface area contributed by atoms with Gasteiger partial charge < -0.3 is 32.7 Å². The molecule has 0 spiro atoms. The first kappa shape index (κ1) is 32.0. The topological polar surface area (TPSA) is 117 Å². The molecule has 7 heteroatoms. The minimum Gasteiger partial charge on any atom is -0.355 e. The van der Waals surface area contributed by atoms with Crippen LogP contribution in [-0.2, 0) is 4.79 Å². The highest BCUT2D eigenvalue weighted by Crippen LogP contribution is 2.11. The van der Waals surface area contributed by atoms with E-state index in [4.69, 9.17) is 11.5 Å². The van der Waals surface area contributed by atoms with E-state index in [1.807, 2.05) is 0 Å². The van der Waals surface area contributed by atoms with Crippen molar-refractivity contribution in [1.29, 1.82) is 0 Å². The first-order chi connectivity index (χ1) is 16.0. The minimum absolute atomic E-state index is 0.0169. The third-order valence-corrected chi connectivity index (χ3v) is 5.83. The largest absolute Gasteiger partial charge is 0.355 e. The summed E-state index contributed by atoms with van der Waals surface area (Å²) in [5.74, 6) is 0.742. The molecule has 0 fully saturated rings. The number of carbonyl (C=O) groups excluding carboxylic acids is 1. The lowest BCUT2D eigenvalue weighted by Gasteiger charge is -2.13. The van der Waals surface area contributed by atoms with Crippen molar-refractivity contribution in [2.75, 3.05) is 52.4 Å². The molecule has 2 atom stereocenters. The molecule has 0 aromatic carbocycles. The van der Waals surface area contributed by atoms with E-state index in [-0.39, 0.29) is 11.9 Å². The zero-order valence-corrected chi connectivity index (χ0v) is 22.0. The normalized spacial score (nSPS) is 13.0. The second kappa shape index (κ2) is 24.1. The Morgan fingerprint density at radius 2 is 1.33 bits per heavy atom. The van der Waals surface area contributed by atoms with E-state index in [1.165, 1.54) is 31.3 Å². The summed E-state index contributed by atoms with van der Waals surface area (Å²) in [6.45, 7) is 14.2. The number of hydrogen-bond acceptors (Lipinski definition) is 6. The summed E-state index contributed by atoms with van der Waals surface area (Å²) in [5, 5.41) is 13.3. The number of nitrogens with one attached hydrogen (secondary N) is 4. The molecule has 8 N–H and O–H groups in total. The van der Waals surface area contributed by atoms with Gasteiger partial charge in [0.15, 0.2) is 0 Å². The Morgan fingerprint density at radius 3 is 1.97 bits per heavy atom. The number of hydrogen-bond donors (Lipinski definition) is 6. The minimum atomic E-state index is -0.389. The number of carbonyl (C=O) groups is 1. The molecule has 0 aromatic heterocycles. The van der Waals surface area contributed by atoms with E-state index < -0.39 is 0 Å². The van der Waals surface area contributed by atoms with E-state index in [0.717, 1.165) is 90.3 Å². The Hall–Kier alpha value is -0.990. The van der Waals surface area contributed by atoms with Crippen molar-refractivity contribution in [2.45, 2.75) is 91.0 Å². The molecule has 0 rings (SSSR count). The van der Waals surface area contributed by atoms with Crippen LogP contribution in [0.25, 0.3) is 0 Å². The van der Waals surface area contributed by atoms with Gasteiger partial charge in [-0.05, 0) is 123 Å². The van der Waals surface area contributed by atoms with Crippen molar-refractivity contribution in [3.63, 3.8) is 0 Å². The zero-order chi connectivity index (χ0) is 24.6. The zero-order valence-electron chi connectivity index (χ0n) is 22.0. The number of nitrogens with two attached hydrogens (primary N) is 2. The lowest BCUT2D eigenvalue weighted by molar-refractivity contribution is -0.122. The monoisotopic (exact) mass is 468 g/mol. The third kappa shape index (κ3) is 24.0. The molecule has 0 aromatic rings. The Kier molecular flexibility index (Phi) is 23.4. The van der Waals surface area contributed by atoms with E-state index in [1.54, 1.807) is 0 Å². The summed E-state index contributed by atoms with van der Waals surface area (Å²) in [4.78, 5) is 12.1. The van der Waals surface area contributed by atoms with Gasteiger partial charge in [0.2, 0.25) is 5.91 Å². The van der Waals surface area contributed by atoms with Crippen LogP contribution in [0.3, 0.4) is 0 Å². The summed E-state index contributed by atoms with van der Waals surface area (Å²) >= 11 is 0. The van der Waals surface area contributed by atoms with Crippen molar-refractivity contribution in [2.24, 2.45) is 17.4 Å². The van der Waals surface area contributed by atoms with Gasteiger partial charge in [-0.1, -0.05) is 25.0 Å². The van der Waals surface area contributed by atoms with E-state index in [0.29, 0.717) is 6.54 Å². The molecule has 1 amide bonds. The number of allylic oxidation sites excluding steroid dienone is 2. The summed E-state index contributed by atoms with van der Waals surface area (Å²) in [7, 11) is 0. The van der Waals surface area contributed by atoms with Gasteiger partial charge in [-0.3, -0.25) is 4.79 Å². The molecule has 1 unspecified atom stereocenters. The molecule has 0 bridgehead atoms. The molecule has 0 saturated carbocycles.